The van der Waals surface area contributed by atoms with Crippen molar-refractivity contribution in [2.75, 3.05) is 39.8 Å². The van der Waals surface area contributed by atoms with E-state index in [0.29, 0.717) is 6.04 Å². The molecule has 3 rings (SSSR count). The van der Waals surface area contributed by atoms with E-state index >= 15 is 0 Å². The van der Waals surface area contributed by atoms with Gasteiger partial charge in [0.15, 0.2) is 5.96 Å². The second-order valence-corrected chi connectivity index (χ2v) is 9.31. The SMILES string of the molecule is CN=C(NCCNC(C)(C)C)N1CCC2C(CCCN2Cc2ccccc2)C1. The van der Waals surface area contributed by atoms with E-state index in [9.17, 15) is 0 Å². The van der Waals surface area contributed by atoms with Gasteiger partial charge in [-0.1, -0.05) is 30.3 Å². The summed E-state index contributed by atoms with van der Waals surface area (Å²) in [6.45, 7) is 13.0. The van der Waals surface area contributed by atoms with Crippen molar-refractivity contribution in [1.82, 2.24) is 20.4 Å². The van der Waals surface area contributed by atoms with E-state index in [1.54, 1.807) is 0 Å². The second-order valence-electron chi connectivity index (χ2n) is 9.31. The van der Waals surface area contributed by atoms with Gasteiger partial charge in [0.1, 0.15) is 0 Å². The molecule has 0 amide bonds. The molecule has 0 spiro atoms. The van der Waals surface area contributed by atoms with Crippen LogP contribution in [-0.4, -0.2) is 67.1 Å². The topological polar surface area (TPSA) is 42.9 Å². The number of benzene rings is 1. The predicted molar refractivity (Wildman–Crippen MR) is 119 cm³/mol. The molecule has 0 aliphatic carbocycles. The molecule has 0 saturated carbocycles. The molecule has 2 N–H and O–H groups in total. The van der Waals surface area contributed by atoms with E-state index in [4.69, 9.17) is 0 Å². The Labute approximate surface area is 171 Å². The Kier molecular flexibility index (Phi) is 7.36. The summed E-state index contributed by atoms with van der Waals surface area (Å²) in [6.07, 6.45) is 3.89. The number of guanidine groups is 1. The first-order chi connectivity index (χ1) is 13.5. The summed E-state index contributed by atoms with van der Waals surface area (Å²) in [7, 11) is 1.91. The van der Waals surface area contributed by atoms with Crippen LogP contribution in [0.1, 0.15) is 45.6 Å². The standard InChI is InChI=1S/C23H39N5/c1-23(2,3)26-14-13-25-22(24-4)28-16-12-21-20(18-28)11-8-15-27(21)17-19-9-6-5-7-10-19/h5-7,9-10,20-21,26H,8,11-18H2,1-4H3,(H,24,25). The van der Waals surface area contributed by atoms with E-state index in [1.807, 2.05) is 7.05 Å². The molecule has 2 heterocycles. The molecule has 5 heteroatoms. The van der Waals surface area contributed by atoms with Crippen LogP contribution in [0.25, 0.3) is 0 Å². The molecule has 2 atom stereocenters. The Bertz CT molecular complexity index is 622. The first kappa shape index (κ1) is 21.1. The lowest BCUT2D eigenvalue weighted by Gasteiger charge is -2.48. The highest BCUT2D eigenvalue weighted by atomic mass is 15.3. The Morgan fingerprint density at radius 2 is 1.89 bits per heavy atom. The van der Waals surface area contributed by atoms with E-state index in [1.165, 1.54) is 31.4 Å². The third-order valence-electron chi connectivity index (χ3n) is 5.99. The highest BCUT2D eigenvalue weighted by Crippen LogP contribution is 2.31. The lowest BCUT2D eigenvalue weighted by molar-refractivity contribution is 0.0372. The van der Waals surface area contributed by atoms with Crippen LogP contribution >= 0.6 is 0 Å². The highest BCUT2D eigenvalue weighted by Gasteiger charge is 2.36. The van der Waals surface area contributed by atoms with Gasteiger partial charge in [0.05, 0.1) is 0 Å². The van der Waals surface area contributed by atoms with Gasteiger partial charge in [-0.15, -0.1) is 0 Å². The summed E-state index contributed by atoms with van der Waals surface area (Å²) >= 11 is 0. The molecule has 0 bridgehead atoms. The van der Waals surface area contributed by atoms with Gasteiger partial charge in [0.2, 0.25) is 0 Å². The number of nitrogens with one attached hydrogen (secondary N) is 2. The zero-order valence-corrected chi connectivity index (χ0v) is 18.2. The van der Waals surface area contributed by atoms with Gasteiger partial charge in [-0.2, -0.15) is 0 Å². The molecule has 2 saturated heterocycles. The molecule has 5 nitrogen and oxygen atoms in total. The smallest absolute Gasteiger partial charge is 0.193 e. The van der Waals surface area contributed by atoms with Gasteiger partial charge < -0.3 is 15.5 Å². The maximum atomic E-state index is 4.56. The van der Waals surface area contributed by atoms with Gasteiger partial charge in [-0.25, -0.2) is 0 Å². The van der Waals surface area contributed by atoms with E-state index in [2.05, 4.69) is 76.5 Å². The molecule has 2 aliphatic heterocycles. The Morgan fingerprint density at radius 1 is 1.11 bits per heavy atom. The van der Waals surface area contributed by atoms with Gasteiger partial charge in [0, 0.05) is 51.4 Å². The molecule has 0 radical (unpaired) electrons. The van der Waals surface area contributed by atoms with Crippen molar-refractivity contribution >= 4 is 5.96 Å². The zero-order valence-electron chi connectivity index (χ0n) is 18.2. The lowest BCUT2D eigenvalue weighted by atomic mass is 9.83. The summed E-state index contributed by atoms with van der Waals surface area (Å²) in [5, 5.41) is 7.09. The highest BCUT2D eigenvalue weighted by molar-refractivity contribution is 5.80. The quantitative estimate of drug-likeness (QED) is 0.465. The predicted octanol–water partition coefficient (Wildman–Crippen LogP) is 2.94. The fraction of sp³-hybridized carbons (Fsp3) is 0.696. The van der Waals surface area contributed by atoms with Crippen LogP contribution in [0.15, 0.2) is 35.3 Å². The molecule has 1 aromatic carbocycles. The summed E-state index contributed by atoms with van der Waals surface area (Å²) in [5.74, 6) is 1.81. The average molecular weight is 386 g/mol. The minimum absolute atomic E-state index is 0.161. The summed E-state index contributed by atoms with van der Waals surface area (Å²) in [6, 6.07) is 11.7. The number of fused-ring (bicyclic) bond motifs is 1. The first-order valence-electron chi connectivity index (χ1n) is 10.9. The molecular weight excluding hydrogens is 346 g/mol. The molecule has 2 aliphatic rings. The monoisotopic (exact) mass is 385 g/mol. The van der Waals surface area contributed by atoms with Crippen molar-refractivity contribution in [1.29, 1.82) is 0 Å². The fourth-order valence-corrected chi connectivity index (χ4v) is 4.66. The average Bonchev–Trinajstić information content (AvgIpc) is 2.68. The normalized spacial score (nSPS) is 24.1. The maximum Gasteiger partial charge on any atom is 0.193 e. The Morgan fingerprint density at radius 3 is 2.61 bits per heavy atom. The molecule has 156 valence electrons. The Hall–Kier alpha value is -1.59. The number of piperidine rings is 2. The molecule has 2 fully saturated rings. The molecule has 2 unspecified atom stereocenters. The molecular formula is C23H39N5. The third-order valence-corrected chi connectivity index (χ3v) is 5.99. The van der Waals surface area contributed by atoms with E-state index in [-0.39, 0.29) is 5.54 Å². The van der Waals surface area contributed by atoms with Gasteiger partial charge >= 0.3 is 0 Å². The van der Waals surface area contributed by atoms with Crippen molar-refractivity contribution in [2.45, 2.75) is 58.2 Å². The summed E-state index contributed by atoms with van der Waals surface area (Å²) in [5.41, 5.74) is 1.60. The van der Waals surface area contributed by atoms with Crippen molar-refractivity contribution in [2.24, 2.45) is 10.9 Å². The van der Waals surface area contributed by atoms with E-state index in [0.717, 1.165) is 44.6 Å². The number of nitrogens with zero attached hydrogens (tertiary/aromatic N) is 3. The maximum absolute atomic E-state index is 4.56. The summed E-state index contributed by atoms with van der Waals surface area (Å²) in [4.78, 5) is 9.76. The number of rotatable bonds is 5. The fourth-order valence-electron chi connectivity index (χ4n) is 4.66. The molecule has 28 heavy (non-hydrogen) atoms. The minimum Gasteiger partial charge on any atom is -0.355 e. The van der Waals surface area contributed by atoms with Crippen LogP contribution in [0.3, 0.4) is 0 Å². The van der Waals surface area contributed by atoms with Crippen molar-refractivity contribution in [3.05, 3.63) is 35.9 Å². The van der Waals surface area contributed by atoms with Crippen LogP contribution in [0.2, 0.25) is 0 Å². The number of hydrogen-bond acceptors (Lipinski definition) is 3. The van der Waals surface area contributed by atoms with Gasteiger partial charge in [-0.05, 0) is 58.1 Å². The third kappa shape index (κ3) is 5.95. The summed E-state index contributed by atoms with van der Waals surface area (Å²) < 4.78 is 0. The van der Waals surface area contributed by atoms with Gasteiger partial charge in [0.25, 0.3) is 0 Å². The van der Waals surface area contributed by atoms with Crippen LogP contribution in [0.5, 0.6) is 0 Å². The minimum atomic E-state index is 0.161. The van der Waals surface area contributed by atoms with Crippen LogP contribution in [0, 0.1) is 5.92 Å². The van der Waals surface area contributed by atoms with Crippen LogP contribution in [0.4, 0.5) is 0 Å². The second kappa shape index (κ2) is 9.75. The Balaban J connectivity index is 1.51. The number of hydrogen-bond donors (Lipinski definition) is 2. The van der Waals surface area contributed by atoms with Crippen molar-refractivity contribution in [3.63, 3.8) is 0 Å². The van der Waals surface area contributed by atoms with Crippen molar-refractivity contribution in [3.8, 4) is 0 Å². The molecule has 1 aromatic rings. The largest absolute Gasteiger partial charge is 0.355 e. The number of aliphatic imine (C=N–C) groups is 1. The van der Waals surface area contributed by atoms with Crippen molar-refractivity contribution < 1.29 is 0 Å². The number of likely N-dealkylation sites (tertiary alicyclic amines) is 2. The van der Waals surface area contributed by atoms with E-state index < -0.39 is 0 Å². The lowest BCUT2D eigenvalue weighted by Crippen LogP contribution is -2.57. The van der Waals surface area contributed by atoms with Crippen LogP contribution in [-0.2, 0) is 6.54 Å². The first-order valence-corrected chi connectivity index (χ1v) is 10.9. The zero-order chi connectivity index (χ0) is 20.0. The van der Waals surface area contributed by atoms with Crippen LogP contribution < -0.4 is 10.6 Å². The molecule has 0 aromatic heterocycles. The van der Waals surface area contributed by atoms with Gasteiger partial charge in [-0.3, -0.25) is 9.89 Å².